The van der Waals surface area contributed by atoms with E-state index in [1.165, 1.54) is 0 Å². The summed E-state index contributed by atoms with van der Waals surface area (Å²) in [6.45, 7) is 2.27. The molecule has 1 saturated heterocycles. The van der Waals surface area contributed by atoms with E-state index in [0.29, 0.717) is 17.8 Å². The largest absolute Gasteiger partial charge is 0.366 e. The molecule has 0 unspecified atom stereocenters. The lowest BCUT2D eigenvalue weighted by molar-refractivity contribution is 0.1000. The number of hydrogen-bond acceptors (Lipinski definition) is 4. The van der Waals surface area contributed by atoms with Gasteiger partial charge in [0, 0.05) is 31.4 Å². The topological polar surface area (TPSA) is 100 Å². The summed E-state index contributed by atoms with van der Waals surface area (Å²) in [5.74, 6) is 0.337. The Morgan fingerprint density at radius 1 is 1.12 bits per heavy atom. The van der Waals surface area contributed by atoms with Crippen LogP contribution in [0.5, 0.6) is 0 Å². The van der Waals surface area contributed by atoms with Gasteiger partial charge in [0.15, 0.2) is 5.82 Å². The maximum atomic E-state index is 12.2. The second kappa shape index (κ2) is 7.65. The molecule has 1 aliphatic heterocycles. The highest BCUT2D eigenvalue weighted by Gasteiger charge is 2.17. The zero-order valence-corrected chi connectivity index (χ0v) is 13.9. The van der Waals surface area contributed by atoms with Gasteiger partial charge in [-0.15, -0.1) is 0 Å². The van der Waals surface area contributed by atoms with Crippen molar-refractivity contribution in [3.05, 3.63) is 53.7 Å². The van der Waals surface area contributed by atoms with Crippen molar-refractivity contribution in [2.45, 2.75) is 19.4 Å². The van der Waals surface area contributed by atoms with Crippen LogP contribution in [0.2, 0.25) is 0 Å². The maximum Gasteiger partial charge on any atom is 0.319 e. The number of carbonyl (C=O) groups is 2. The third kappa shape index (κ3) is 4.26. The molecule has 2 heterocycles. The first kappa shape index (κ1) is 16.8. The summed E-state index contributed by atoms with van der Waals surface area (Å²) >= 11 is 0. The molecule has 1 aromatic heterocycles. The van der Waals surface area contributed by atoms with E-state index in [2.05, 4.69) is 20.5 Å². The standard InChI is InChI=1S/C18H21N5O2/c19-16(24)14-7-5-13(6-8-14)12-21-18(25)22-15-4-3-9-20-17(15)23-10-1-2-11-23/h3-9H,1-2,10-12H2,(H2,19,24)(H2,21,22,25). The molecule has 0 saturated carbocycles. The van der Waals surface area contributed by atoms with Crippen molar-refractivity contribution >= 4 is 23.4 Å². The molecular weight excluding hydrogens is 318 g/mol. The van der Waals surface area contributed by atoms with Crippen LogP contribution in [0.1, 0.15) is 28.8 Å². The average Bonchev–Trinajstić information content (AvgIpc) is 3.15. The number of carbonyl (C=O) groups excluding carboxylic acids is 2. The van der Waals surface area contributed by atoms with E-state index in [-0.39, 0.29) is 6.03 Å². The first-order valence-electron chi connectivity index (χ1n) is 8.27. The van der Waals surface area contributed by atoms with Crippen LogP contribution in [-0.4, -0.2) is 30.0 Å². The van der Waals surface area contributed by atoms with Gasteiger partial charge in [0.05, 0.1) is 5.69 Å². The van der Waals surface area contributed by atoms with Crippen molar-refractivity contribution in [1.29, 1.82) is 0 Å². The smallest absolute Gasteiger partial charge is 0.319 e. The van der Waals surface area contributed by atoms with Crippen LogP contribution >= 0.6 is 0 Å². The Balaban J connectivity index is 1.58. The fourth-order valence-electron chi connectivity index (χ4n) is 2.81. The van der Waals surface area contributed by atoms with E-state index < -0.39 is 5.91 Å². The predicted molar refractivity (Wildman–Crippen MR) is 96.5 cm³/mol. The summed E-state index contributed by atoms with van der Waals surface area (Å²) in [4.78, 5) is 29.8. The van der Waals surface area contributed by atoms with Crippen LogP contribution in [0.15, 0.2) is 42.6 Å². The maximum absolute atomic E-state index is 12.2. The van der Waals surface area contributed by atoms with E-state index in [1.807, 2.05) is 6.07 Å². The highest BCUT2D eigenvalue weighted by Crippen LogP contribution is 2.25. The molecular formula is C18H21N5O2. The van der Waals surface area contributed by atoms with Gasteiger partial charge in [-0.1, -0.05) is 12.1 Å². The fraction of sp³-hybridized carbons (Fsp3) is 0.278. The molecule has 1 fully saturated rings. The number of urea groups is 1. The molecule has 1 aromatic carbocycles. The molecule has 130 valence electrons. The second-order valence-electron chi connectivity index (χ2n) is 5.94. The zero-order valence-electron chi connectivity index (χ0n) is 13.9. The second-order valence-corrected chi connectivity index (χ2v) is 5.94. The summed E-state index contributed by atoms with van der Waals surface area (Å²) in [5, 5.41) is 5.66. The van der Waals surface area contributed by atoms with Crippen LogP contribution in [0.3, 0.4) is 0 Å². The minimum Gasteiger partial charge on any atom is -0.366 e. The highest BCUT2D eigenvalue weighted by molar-refractivity contribution is 5.93. The first-order chi connectivity index (χ1) is 12.1. The van der Waals surface area contributed by atoms with Crippen LogP contribution in [0, 0.1) is 0 Å². The number of nitrogens with two attached hydrogens (primary N) is 1. The fourth-order valence-corrected chi connectivity index (χ4v) is 2.81. The Kier molecular flexibility index (Phi) is 5.13. The monoisotopic (exact) mass is 339 g/mol. The number of rotatable bonds is 5. The molecule has 1 aliphatic rings. The van der Waals surface area contributed by atoms with E-state index in [0.717, 1.165) is 37.3 Å². The molecule has 0 aliphatic carbocycles. The SMILES string of the molecule is NC(=O)c1ccc(CNC(=O)Nc2cccnc2N2CCCC2)cc1. The zero-order chi connectivity index (χ0) is 17.6. The minimum atomic E-state index is -0.469. The number of primary amides is 1. The van der Waals surface area contributed by atoms with E-state index >= 15 is 0 Å². The minimum absolute atomic E-state index is 0.299. The van der Waals surface area contributed by atoms with Gasteiger partial charge in [-0.05, 0) is 42.7 Å². The first-order valence-corrected chi connectivity index (χ1v) is 8.27. The molecule has 2 aromatic rings. The van der Waals surface area contributed by atoms with Crippen molar-refractivity contribution in [3.63, 3.8) is 0 Å². The molecule has 25 heavy (non-hydrogen) atoms. The molecule has 7 heteroatoms. The number of amides is 3. The Labute approximate surface area is 146 Å². The summed E-state index contributed by atoms with van der Waals surface area (Å²) < 4.78 is 0. The van der Waals surface area contributed by atoms with E-state index in [9.17, 15) is 9.59 Å². The van der Waals surface area contributed by atoms with Gasteiger partial charge in [0.1, 0.15) is 0 Å². The van der Waals surface area contributed by atoms with Gasteiger partial charge in [0.2, 0.25) is 5.91 Å². The highest BCUT2D eigenvalue weighted by atomic mass is 16.2. The number of anilines is 2. The molecule has 0 atom stereocenters. The van der Waals surface area contributed by atoms with Gasteiger partial charge in [0.25, 0.3) is 0 Å². The lowest BCUT2D eigenvalue weighted by atomic mass is 10.1. The third-order valence-corrected chi connectivity index (χ3v) is 4.13. The Morgan fingerprint density at radius 3 is 2.52 bits per heavy atom. The number of hydrogen-bond donors (Lipinski definition) is 3. The van der Waals surface area contributed by atoms with Crippen molar-refractivity contribution in [1.82, 2.24) is 10.3 Å². The molecule has 4 N–H and O–H groups in total. The number of nitrogens with zero attached hydrogens (tertiary/aromatic N) is 2. The van der Waals surface area contributed by atoms with Crippen molar-refractivity contribution in [2.24, 2.45) is 5.73 Å². The summed E-state index contributed by atoms with van der Waals surface area (Å²) in [6.07, 6.45) is 4.02. The van der Waals surface area contributed by atoms with Crippen LogP contribution in [0.25, 0.3) is 0 Å². The number of aromatic nitrogens is 1. The molecule has 0 spiro atoms. The lowest BCUT2D eigenvalue weighted by Crippen LogP contribution is -2.29. The molecule has 7 nitrogen and oxygen atoms in total. The van der Waals surface area contributed by atoms with Crippen molar-refractivity contribution in [3.8, 4) is 0 Å². The number of nitrogens with one attached hydrogen (secondary N) is 2. The Bertz CT molecular complexity index is 754. The lowest BCUT2D eigenvalue weighted by Gasteiger charge is -2.20. The summed E-state index contributed by atoms with van der Waals surface area (Å²) in [6, 6.07) is 10.2. The predicted octanol–water partition coefficient (Wildman–Crippen LogP) is 2.10. The van der Waals surface area contributed by atoms with Crippen molar-refractivity contribution < 1.29 is 9.59 Å². The van der Waals surface area contributed by atoms with Gasteiger partial charge >= 0.3 is 6.03 Å². The molecule has 3 amide bonds. The molecule has 3 rings (SSSR count). The van der Waals surface area contributed by atoms with Gasteiger partial charge < -0.3 is 21.3 Å². The molecule has 0 radical (unpaired) electrons. The van der Waals surface area contributed by atoms with Gasteiger partial charge in [-0.2, -0.15) is 0 Å². The van der Waals surface area contributed by atoms with E-state index in [4.69, 9.17) is 5.73 Å². The van der Waals surface area contributed by atoms with Gasteiger partial charge in [-0.3, -0.25) is 4.79 Å². The summed E-state index contributed by atoms with van der Waals surface area (Å²) in [5.41, 5.74) is 7.23. The van der Waals surface area contributed by atoms with Crippen LogP contribution in [0.4, 0.5) is 16.3 Å². The number of pyridine rings is 1. The number of benzene rings is 1. The average molecular weight is 339 g/mol. The third-order valence-electron chi connectivity index (χ3n) is 4.13. The Hall–Kier alpha value is -3.09. The molecule has 0 bridgehead atoms. The van der Waals surface area contributed by atoms with E-state index in [1.54, 1.807) is 36.5 Å². The van der Waals surface area contributed by atoms with Crippen molar-refractivity contribution in [2.75, 3.05) is 23.3 Å². The van der Waals surface area contributed by atoms with Crippen LogP contribution in [-0.2, 0) is 6.54 Å². The van der Waals surface area contributed by atoms with Crippen LogP contribution < -0.4 is 21.3 Å². The quantitative estimate of drug-likeness (QED) is 0.776. The van der Waals surface area contributed by atoms with Gasteiger partial charge in [-0.25, -0.2) is 9.78 Å². The summed E-state index contributed by atoms with van der Waals surface area (Å²) in [7, 11) is 0. The Morgan fingerprint density at radius 2 is 1.84 bits per heavy atom. The normalized spacial score (nSPS) is 13.5.